The first-order chi connectivity index (χ1) is 7.38. The standard InChI is InChI=1S/C8H6F4N2O2/c9-6-3-5(1-2-13-6)7(15)14-16-4-8(10,11)12/h1-3H,4H2,(H,14,15). The summed E-state index contributed by atoms with van der Waals surface area (Å²) in [5.41, 5.74) is 1.34. The molecule has 0 aromatic carbocycles. The number of alkyl halides is 3. The molecule has 0 saturated heterocycles. The number of carbonyl (C=O) groups excluding carboxylic acids is 1. The molecule has 8 heteroatoms. The molecule has 1 amide bonds. The zero-order chi connectivity index (χ0) is 12.2. The normalized spacial score (nSPS) is 11.2. The molecule has 1 N–H and O–H groups in total. The van der Waals surface area contributed by atoms with Crippen LogP contribution in [-0.2, 0) is 4.84 Å². The van der Waals surface area contributed by atoms with E-state index < -0.39 is 24.6 Å². The molecular weight excluding hydrogens is 232 g/mol. The Labute approximate surface area is 87.2 Å². The first kappa shape index (κ1) is 12.4. The van der Waals surface area contributed by atoms with E-state index in [-0.39, 0.29) is 5.56 Å². The molecule has 88 valence electrons. The van der Waals surface area contributed by atoms with Crippen LogP contribution in [0.4, 0.5) is 17.6 Å². The second-order valence-electron chi connectivity index (χ2n) is 2.70. The van der Waals surface area contributed by atoms with Crippen LogP contribution in [0.3, 0.4) is 0 Å². The average Bonchev–Trinajstić information content (AvgIpc) is 2.15. The Hall–Kier alpha value is -1.70. The van der Waals surface area contributed by atoms with Gasteiger partial charge in [0.2, 0.25) is 5.95 Å². The summed E-state index contributed by atoms with van der Waals surface area (Å²) in [6.07, 6.45) is -3.54. The van der Waals surface area contributed by atoms with Gasteiger partial charge in [0.15, 0.2) is 6.61 Å². The molecule has 0 aliphatic rings. The van der Waals surface area contributed by atoms with E-state index in [0.717, 1.165) is 18.3 Å². The predicted octanol–water partition coefficient (Wildman–Crippen LogP) is 1.44. The van der Waals surface area contributed by atoms with Crippen LogP contribution in [0.5, 0.6) is 0 Å². The van der Waals surface area contributed by atoms with Crippen LogP contribution in [0.1, 0.15) is 10.4 Å². The van der Waals surface area contributed by atoms with Crippen LogP contribution in [-0.4, -0.2) is 23.7 Å². The number of hydroxylamine groups is 1. The molecule has 0 spiro atoms. The lowest BCUT2D eigenvalue weighted by molar-refractivity contribution is -0.184. The van der Waals surface area contributed by atoms with E-state index in [1.165, 1.54) is 5.48 Å². The molecule has 16 heavy (non-hydrogen) atoms. The van der Waals surface area contributed by atoms with Crippen LogP contribution in [0.25, 0.3) is 0 Å². The molecular formula is C8H6F4N2O2. The molecule has 0 atom stereocenters. The molecule has 0 fully saturated rings. The number of halogens is 4. The summed E-state index contributed by atoms with van der Waals surface area (Å²) in [5.74, 6) is -1.89. The van der Waals surface area contributed by atoms with Crippen LogP contribution in [0, 0.1) is 5.95 Å². The summed E-state index contributed by atoms with van der Waals surface area (Å²) >= 11 is 0. The van der Waals surface area contributed by atoms with Gasteiger partial charge in [-0.05, 0) is 6.07 Å². The van der Waals surface area contributed by atoms with E-state index in [4.69, 9.17) is 0 Å². The fraction of sp³-hybridized carbons (Fsp3) is 0.250. The number of nitrogens with one attached hydrogen (secondary N) is 1. The molecule has 0 radical (unpaired) electrons. The largest absolute Gasteiger partial charge is 0.414 e. The molecule has 0 unspecified atom stereocenters. The first-order valence-electron chi connectivity index (χ1n) is 3.99. The zero-order valence-electron chi connectivity index (χ0n) is 7.71. The average molecular weight is 238 g/mol. The van der Waals surface area contributed by atoms with E-state index >= 15 is 0 Å². The molecule has 1 rings (SSSR count). The molecule has 4 nitrogen and oxygen atoms in total. The minimum Gasteiger partial charge on any atom is -0.267 e. The van der Waals surface area contributed by atoms with Crippen molar-refractivity contribution in [3.63, 3.8) is 0 Å². The highest BCUT2D eigenvalue weighted by Crippen LogP contribution is 2.13. The number of nitrogens with zero attached hydrogens (tertiary/aromatic N) is 1. The number of aromatic nitrogens is 1. The Balaban J connectivity index is 2.47. The summed E-state index contributed by atoms with van der Waals surface area (Å²) < 4.78 is 47.4. The van der Waals surface area contributed by atoms with Gasteiger partial charge < -0.3 is 0 Å². The molecule has 1 aromatic heterocycles. The van der Waals surface area contributed by atoms with Crippen molar-refractivity contribution in [1.29, 1.82) is 0 Å². The fourth-order valence-corrected chi connectivity index (χ4v) is 0.786. The van der Waals surface area contributed by atoms with Crippen molar-refractivity contribution in [2.75, 3.05) is 6.61 Å². The van der Waals surface area contributed by atoms with Gasteiger partial charge in [0.25, 0.3) is 5.91 Å². The monoisotopic (exact) mass is 238 g/mol. The van der Waals surface area contributed by atoms with Gasteiger partial charge >= 0.3 is 6.18 Å². The van der Waals surface area contributed by atoms with Gasteiger partial charge in [0.1, 0.15) is 0 Å². The molecule has 1 aromatic rings. The topological polar surface area (TPSA) is 51.2 Å². The van der Waals surface area contributed by atoms with Gasteiger partial charge in [0, 0.05) is 17.8 Å². The Morgan fingerprint density at radius 3 is 2.75 bits per heavy atom. The first-order valence-corrected chi connectivity index (χ1v) is 3.99. The van der Waals surface area contributed by atoms with Crippen LogP contribution in [0.2, 0.25) is 0 Å². The third-order valence-corrected chi connectivity index (χ3v) is 1.39. The smallest absolute Gasteiger partial charge is 0.267 e. The Morgan fingerprint density at radius 2 is 2.19 bits per heavy atom. The fourth-order valence-electron chi connectivity index (χ4n) is 0.786. The SMILES string of the molecule is O=C(NOCC(F)(F)F)c1ccnc(F)c1. The van der Waals surface area contributed by atoms with Crippen molar-refractivity contribution >= 4 is 5.91 Å². The lowest BCUT2D eigenvalue weighted by atomic mass is 10.2. The van der Waals surface area contributed by atoms with Gasteiger partial charge in [-0.2, -0.15) is 17.6 Å². The third-order valence-electron chi connectivity index (χ3n) is 1.39. The third kappa shape index (κ3) is 4.22. The molecule has 0 aliphatic carbocycles. The van der Waals surface area contributed by atoms with Crippen molar-refractivity contribution in [3.8, 4) is 0 Å². The maximum atomic E-state index is 12.5. The Morgan fingerprint density at radius 1 is 1.50 bits per heavy atom. The quantitative estimate of drug-likeness (QED) is 0.492. The summed E-state index contributed by atoms with van der Waals surface area (Å²) in [6.45, 7) is -1.62. The van der Waals surface area contributed by atoms with Gasteiger partial charge in [0.05, 0.1) is 0 Å². The lowest BCUT2D eigenvalue weighted by Gasteiger charge is -2.07. The summed E-state index contributed by atoms with van der Waals surface area (Å²) in [6, 6.07) is 1.90. The predicted molar refractivity (Wildman–Crippen MR) is 43.7 cm³/mol. The van der Waals surface area contributed by atoms with Crippen molar-refractivity contribution in [3.05, 3.63) is 29.8 Å². The highest BCUT2D eigenvalue weighted by Gasteiger charge is 2.28. The second kappa shape index (κ2) is 4.88. The summed E-state index contributed by atoms with van der Waals surface area (Å²) in [7, 11) is 0. The number of amides is 1. The van der Waals surface area contributed by atoms with Crippen LogP contribution < -0.4 is 5.48 Å². The molecule has 1 heterocycles. The number of pyridine rings is 1. The van der Waals surface area contributed by atoms with E-state index in [9.17, 15) is 22.4 Å². The zero-order valence-corrected chi connectivity index (χ0v) is 7.71. The van der Waals surface area contributed by atoms with Crippen LogP contribution in [0.15, 0.2) is 18.3 Å². The number of rotatable bonds is 3. The van der Waals surface area contributed by atoms with Crippen molar-refractivity contribution in [1.82, 2.24) is 10.5 Å². The van der Waals surface area contributed by atoms with E-state index in [2.05, 4.69) is 9.82 Å². The molecule has 0 aliphatic heterocycles. The van der Waals surface area contributed by atoms with Gasteiger partial charge in [-0.15, -0.1) is 0 Å². The van der Waals surface area contributed by atoms with Crippen molar-refractivity contribution in [2.45, 2.75) is 6.18 Å². The highest BCUT2D eigenvalue weighted by molar-refractivity contribution is 5.93. The second-order valence-corrected chi connectivity index (χ2v) is 2.70. The van der Waals surface area contributed by atoms with Crippen molar-refractivity contribution in [2.24, 2.45) is 0 Å². The molecule has 0 bridgehead atoms. The van der Waals surface area contributed by atoms with E-state index in [1.807, 2.05) is 0 Å². The summed E-state index contributed by atoms with van der Waals surface area (Å²) in [5, 5.41) is 0. The van der Waals surface area contributed by atoms with Gasteiger partial charge in [-0.3, -0.25) is 9.63 Å². The highest BCUT2D eigenvalue weighted by atomic mass is 19.4. The Bertz CT molecular complexity index is 381. The molecule has 0 saturated carbocycles. The van der Waals surface area contributed by atoms with Crippen molar-refractivity contribution < 1.29 is 27.2 Å². The summed E-state index contributed by atoms with van der Waals surface area (Å²) in [4.78, 5) is 18.1. The van der Waals surface area contributed by atoms with E-state index in [0.29, 0.717) is 0 Å². The number of hydrogen-bond acceptors (Lipinski definition) is 3. The maximum Gasteiger partial charge on any atom is 0.414 e. The van der Waals surface area contributed by atoms with Crippen LogP contribution >= 0.6 is 0 Å². The minimum atomic E-state index is -4.54. The van der Waals surface area contributed by atoms with E-state index in [1.54, 1.807) is 0 Å². The van der Waals surface area contributed by atoms with Gasteiger partial charge in [-0.1, -0.05) is 0 Å². The Kier molecular flexibility index (Phi) is 3.78. The lowest BCUT2D eigenvalue weighted by Crippen LogP contribution is -2.29. The number of carbonyl (C=O) groups is 1. The van der Waals surface area contributed by atoms with Gasteiger partial charge in [-0.25, -0.2) is 10.5 Å². The number of hydrogen-bond donors (Lipinski definition) is 1. The minimum absolute atomic E-state index is 0.185. The maximum absolute atomic E-state index is 12.5.